The van der Waals surface area contributed by atoms with E-state index in [2.05, 4.69) is 9.97 Å². The molecule has 2 aromatic heterocycles. The van der Waals surface area contributed by atoms with Gasteiger partial charge in [0.25, 0.3) is 0 Å². The van der Waals surface area contributed by atoms with Crippen LogP contribution in [-0.4, -0.2) is 16.1 Å². The summed E-state index contributed by atoms with van der Waals surface area (Å²) in [6.07, 6.45) is 3.34. The molecule has 0 amide bonds. The quantitative estimate of drug-likeness (QED) is 0.719. The maximum Gasteiger partial charge on any atom is 0.182 e. The molecule has 0 saturated heterocycles. The fourth-order valence-electron chi connectivity index (χ4n) is 1.80. The molecule has 18 heavy (non-hydrogen) atoms. The van der Waals surface area contributed by atoms with E-state index in [4.69, 9.17) is 9.15 Å². The third-order valence-electron chi connectivity index (χ3n) is 2.44. The number of thiazole rings is 1. The van der Waals surface area contributed by atoms with Gasteiger partial charge in [-0.15, -0.1) is 11.3 Å². The Hall–Kier alpha value is -1.88. The summed E-state index contributed by atoms with van der Waals surface area (Å²) in [6.45, 7) is 3.99. The van der Waals surface area contributed by atoms with E-state index in [-0.39, 0.29) is 6.10 Å². The summed E-state index contributed by atoms with van der Waals surface area (Å²) in [6, 6.07) is 3.84. The molecule has 1 aromatic carbocycles. The number of oxazole rings is 1. The maximum atomic E-state index is 5.73. The van der Waals surface area contributed by atoms with Gasteiger partial charge in [0.2, 0.25) is 0 Å². The first-order chi connectivity index (χ1) is 8.74. The van der Waals surface area contributed by atoms with Crippen molar-refractivity contribution in [3.05, 3.63) is 30.1 Å². The molecule has 0 bridgehead atoms. The highest BCUT2D eigenvalue weighted by Gasteiger charge is 2.13. The first-order valence-electron chi connectivity index (χ1n) is 5.68. The molecule has 0 spiro atoms. The third-order valence-corrected chi connectivity index (χ3v) is 3.25. The molecular weight excluding hydrogens is 248 g/mol. The largest absolute Gasteiger partial charge is 0.491 e. The monoisotopic (exact) mass is 260 g/mol. The normalized spacial score (nSPS) is 11.3. The molecule has 0 aliphatic heterocycles. The van der Waals surface area contributed by atoms with Crippen LogP contribution >= 0.6 is 11.3 Å². The molecule has 0 saturated carbocycles. The summed E-state index contributed by atoms with van der Waals surface area (Å²) in [5, 5.41) is 2.85. The molecule has 0 atom stereocenters. The second-order valence-electron chi connectivity index (χ2n) is 4.18. The third kappa shape index (κ3) is 1.97. The van der Waals surface area contributed by atoms with E-state index in [1.165, 1.54) is 6.39 Å². The molecule has 0 unspecified atom stereocenters. The summed E-state index contributed by atoms with van der Waals surface area (Å²) >= 11 is 1.57. The highest BCUT2D eigenvalue weighted by molar-refractivity contribution is 7.13. The minimum absolute atomic E-state index is 0.124. The lowest BCUT2D eigenvalue weighted by Gasteiger charge is -2.10. The lowest BCUT2D eigenvalue weighted by Crippen LogP contribution is -2.05. The van der Waals surface area contributed by atoms with Gasteiger partial charge in [-0.2, -0.15) is 0 Å². The Morgan fingerprint density at radius 1 is 1.28 bits per heavy atom. The molecule has 0 aliphatic rings. The smallest absolute Gasteiger partial charge is 0.182 e. The Morgan fingerprint density at radius 2 is 2.17 bits per heavy atom. The van der Waals surface area contributed by atoms with E-state index < -0.39 is 0 Å². The van der Waals surface area contributed by atoms with Gasteiger partial charge in [-0.05, 0) is 19.9 Å². The Morgan fingerprint density at radius 3 is 2.89 bits per heavy atom. The minimum Gasteiger partial charge on any atom is -0.491 e. The van der Waals surface area contributed by atoms with Crippen LogP contribution in [0.25, 0.3) is 21.7 Å². The molecule has 92 valence electrons. The molecule has 3 rings (SSSR count). The zero-order valence-corrected chi connectivity index (χ0v) is 10.9. The van der Waals surface area contributed by atoms with E-state index in [0.717, 1.165) is 27.4 Å². The highest BCUT2D eigenvalue weighted by atomic mass is 32.1. The lowest BCUT2D eigenvalue weighted by molar-refractivity contribution is 0.243. The summed E-state index contributed by atoms with van der Waals surface area (Å²) in [7, 11) is 0. The van der Waals surface area contributed by atoms with Crippen molar-refractivity contribution < 1.29 is 9.15 Å². The zero-order chi connectivity index (χ0) is 12.5. The number of fused-ring (bicyclic) bond motifs is 1. The van der Waals surface area contributed by atoms with Crippen LogP contribution in [0.5, 0.6) is 5.75 Å². The van der Waals surface area contributed by atoms with E-state index in [9.17, 15) is 0 Å². The van der Waals surface area contributed by atoms with Crippen molar-refractivity contribution in [2.24, 2.45) is 0 Å². The average molecular weight is 260 g/mol. The lowest BCUT2D eigenvalue weighted by atomic mass is 10.2. The maximum absolute atomic E-state index is 5.73. The SMILES string of the molecule is CC(C)Oc1cc(-c2nccs2)c2ocnc2c1. The van der Waals surface area contributed by atoms with Crippen LogP contribution in [0.2, 0.25) is 0 Å². The first kappa shape index (κ1) is 11.2. The van der Waals surface area contributed by atoms with Crippen LogP contribution in [0.3, 0.4) is 0 Å². The van der Waals surface area contributed by atoms with E-state index in [1.54, 1.807) is 17.5 Å². The van der Waals surface area contributed by atoms with Gasteiger partial charge in [-0.1, -0.05) is 0 Å². The topological polar surface area (TPSA) is 48.2 Å². The van der Waals surface area contributed by atoms with Gasteiger partial charge in [-0.3, -0.25) is 0 Å². The van der Waals surface area contributed by atoms with Gasteiger partial charge < -0.3 is 9.15 Å². The molecule has 3 aromatic rings. The number of hydrogen-bond donors (Lipinski definition) is 0. The van der Waals surface area contributed by atoms with Gasteiger partial charge >= 0.3 is 0 Å². The van der Waals surface area contributed by atoms with Gasteiger partial charge in [-0.25, -0.2) is 9.97 Å². The molecular formula is C13H12N2O2S. The molecule has 2 heterocycles. The number of benzene rings is 1. The Balaban J connectivity index is 2.18. The summed E-state index contributed by atoms with van der Waals surface area (Å²) < 4.78 is 11.2. The van der Waals surface area contributed by atoms with Gasteiger partial charge in [0.1, 0.15) is 16.3 Å². The van der Waals surface area contributed by atoms with Crippen LogP contribution in [0.4, 0.5) is 0 Å². The second kappa shape index (κ2) is 4.42. The van der Waals surface area contributed by atoms with Crippen molar-refractivity contribution in [3.8, 4) is 16.3 Å². The summed E-state index contributed by atoms with van der Waals surface area (Å²) in [5.41, 5.74) is 2.47. The molecule has 0 radical (unpaired) electrons. The standard InChI is InChI=1S/C13H12N2O2S/c1-8(2)17-9-5-10(13-14-3-4-18-13)12-11(6-9)15-7-16-12/h3-8H,1-2H3. The molecule has 0 aliphatic carbocycles. The van der Waals surface area contributed by atoms with Crippen molar-refractivity contribution in [3.63, 3.8) is 0 Å². The van der Waals surface area contributed by atoms with E-state index in [1.807, 2.05) is 31.4 Å². The molecule has 5 heteroatoms. The van der Waals surface area contributed by atoms with Crippen LogP contribution < -0.4 is 4.74 Å². The summed E-state index contributed by atoms with van der Waals surface area (Å²) in [5.74, 6) is 0.789. The van der Waals surface area contributed by atoms with Crippen LogP contribution in [0.1, 0.15) is 13.8 Å². The van der Waals surface area contributed by atoms with Crippen LogP contribution in [0.15, 0.2) is 34.5 Å². The fourth-order valence-corrected chi connectivity index (χ4v) is 2.45. The predicted molar refractivity (Wildman–Crippen MR) is 70.9 cm³/mol. The predicted octanol–water partition coefficient (Wildman–Crippen LogP) is 3.74. The number of ether oxygens (including phenoxy) is 1. The minimum atomic E-state index is 0.124. The number of hydrogen-bond acceptors (Lipinski definition) is 5. The summed E-state index contributed by atoms with van der Waals surface area (Å²) in [4.78, 5) is 8.50. The van der Waals surface area contributed by atoms with Crippen molar-refractivity contribution >= 4 is 22.4 Å². The molecule has 0 fully saturated rings. The molecule has 4 nitrogen and oxygen atoms in total. The van der Waals surface area contributed by atoms with Crippen LogP contribution in [-0.2, 0) is 0 Å². The van der Waals surface area contributed by atoms with Crippen molar-refractivity contribution in [1.29, 1.82) is 0 Å². The van der Waals surface area contributed by atoms with E-state index in [0.29, 0.717) is 0 Å². The highest BCUT2D eigenvalue weighted by Crippen LogP contribution is 2.33. The first-order valence-corrected chi connectivity index (χ1v) is 6.56. The van der Waals surface area contributed by atoms with Crippen molar-refractivity contribution in [2.45, 2.75) is 20.0 Å². The second-order valence-corrected chi connectivity index (χ2v) is 5.07. The zero-order valence-electron chi connectivity index (χ0n) is 10.1. The van der Waals surface area contributed by atoms with Crippen LogP contribution in [0, 0.1) is 0 Å². The fraction of sp³-hybridized carbons (Fsp3) is 0.231. The van der Waals surface area contributed by atoms with Crippen molar-refractivity contribution in [1.82, 2.24) is 9.97 Å². The van der Waals surface area contributed by atoms with Gasteiger partial charge in [0, 0.05) is 17.6 Å². The Labute approximate surface area is 108 Å². The van der Waals surface area contributed by atoms with Gasteiger partial charge in [0.05, 0.1) is 11.7 Å². The molecule has 0 N–H and O–H groups in total. The number of rotatable bonds is 3. The average Bonchev–Trinajstić information content (AvgIpc) is 2.97. The number of aromatic nitrogens is 2. The van der Waals surface area contributed by atoms with Crippen molar-refractivity contribution in [2.75, 3.05) is 0 Å². The Kier molecular flexibility index (Phi) is 2.76. The Bertz CT molecular complexity index is 659. The number of nitrogens with zero attached hydrogens (tertiary/aromatic N) is 2. The van der Waals surface area contributed by atoms with Gasteiger partial charge in [0.15, 0.2) is 12.0 Å². The van der Waals surface area contributed by atoms with E-state index >= 15 is 0 Å².